The van der Waals surface area contributed by atoms with Crippen LogP contribution in [0.15, 0.2) is 36.4 Å². The summed E-state index contributed by atoms with van der Waals surface area (Å²) in [6.45, 7) is 8.32. The first-order valence-corrected chi connectivity index (χ1v) is 7.34. The van der Waals surface area contributed by atoms with Crippen LogP contribution in [0.2, 0.25) is 0 Å². The van der Waals surface area contributed by atoms with Gasteiger partial charge in [-0.15, -0.1) is 0 Å². The van der Waals surface area contributed by atoms with Crippen molar-refractivity contribution in [1.82, 2.24) is 5.43 Å². The van der Waals surface area contributed by atoms with Crippen molar-refractivity contribution in [3.05, 3.63) is 58.7 Å². The first-order valence-electron chi connectivity index (χ1n) is 6.94. The lowest BCUT2D eigenvalue weighted by molar-refractivity contribution is 1.12. The molecule has 0 radical (unpaired) electrons. The molecular formula is C17H21N3S. The molecule has 0 bridgehead atoms. The summed E-state index contributed by atoms with van der Waals surface area (Å²) in [5.41, 5.74) is 13.1. The normalized spacial score (nSPS) is 10.1. The maximum Gasteiger partial charge on any atom is 0.189 e. The van der Waals surface area contributed by atoms with Crippen molar-refractivity contribution in [2.45, 2.75) is 27.7 Å². The molecule has 2 rings (SSSR count). The largest absolute Gasteiger partial charge is 0.331 e. The monoisotopic (exact) mass is 299 g/mol. The van der Waals surface area contributed by atoms with Gasteiger partial charge in [0.15, 0.2) is 5.11 Å². The highest BCUT2D eigenvalue weighted by molar-refractivity contribution is 7.80. The van der Waals surface area contributed by atoms with Crippen LogP contribution in [0.1, 0.15) is 22.3 Å². The molecular weight excluding hydrogens is 278 g/mol. The van der Waals surface area contributed by atoms with Crippen molar-refractivity contribution in [3.63, 3.8) is 0 Å². The van der Waals surface area contributed by atoms with Crippen LogP contribution < -0.4 is 16.2 Å². The van der Waals surface area contributed by atoms with Crippen molar-refractivity contribution in [2.75, 3.05) is 10.7 Å². The molecule has 0 saturated carbocycles. The van der Waals surface area contributed by atoms with E-state index in [-0.39, 0.29) is 0 Å². The lowest BCUT2D eigenvalue weighted by Crippen LogP contribution is -2.33. The van der Waals surface area contributed by atoms with Gasteiger partial charge in [0.1, 0.15) is 0 Å². The van der Waals surface area contributed by atoms with Gasteiger partial charge in [-0.2, -0.15) is 0 Å². The third-order valence-electron chi connectivity index (χ3n) is 3.55. The summed E-state index contributed by atoms with van der Waals surface area (Å²) < 4.78 is 0. The summed E-state index contributed by atoms with van der Waals surface area (Å²) >= 11 is 5.32. The van der Waals surface area contributed by atoms with Gasteiger partial charge in [0.05, 0.1) is 5.69 Å². The molecule has 0 aliphatic carbocycles. The number of hydrogen-bond acceptors (Lipinski definition) is 2. The Labute approximate surface area is 131 Å². The van der Waals surface area contributed by atoms with E-state index in [1.54, 1.807) is 0 Å². The molecule has 0 unspecified atom stereocenters. The van der Waals surface area contributed by atoms with Gasteiger partial charge in [-0.05, 0) is 68.7 Å². The van der Waals surface area contributed by atoms with Gasteiger partial charge in [0.2, 0.25) is 0 Å². The topological polar surface area (TPSA) is 36.1 Å². The molecule has 0 amide bonds. The molecule has 3 N–H and O–H groups in total. The minimum Gasteiger partial charge on any atom is -0.331 e. The first-order chi connectivity index (χ1) is 9.97. The first kappa shape index (κ1) is 15.3. The molecule has 2 aromatic rings. The molecule has 21 heavy (non-hydrogen) atoms. The fourth-order valence-electron chi connectivity index (χ4n) is 2.12. The molecule has 3 nitrogen and oxygen atoms in total. The lowest BCUT2D eigenvalue weighted by atomic mass is 10.1. The Morgan fingerprint density at radius 2 is 1.67 bits per heavy atom. The van der Waals surface area contributed by atoms with Gasteiger partial charge in [0, 0.05) is 5.69 Å². The van der Waals surface area contributed by atoms with Crippen LogP contribution in [-0.4, -0.2) is 5.11 Å². The van der Waals surface area contributed by atoms with Crippen molar-refractivity contribution in [2.24, 2.45) is 0 Å². The number of benzene rings is 2. The maximum absolute atomic E-state index is 5.32. The number of hydrogen-bond donors (Lipinski definition) is 3. The predicted octanol–water partition coefficient (Wildman–Crippen LogP) is 4.23. The Kier molecular flexibility index (Phi) is 4.81. The molecule has 0 aliphatic rings. The highest BCUT2D eigenvalue weighted by atomic mass is 32.1. The molecule has 0 spiro atoms. The molecule has 4 heteroatoms. The summed E-state index contributed by atoms with van der Waals surface area (Å²) in [7, 11) is 0. The second-order valence-electron chi connectivity index (χ2n) is 5.27. The highest BCUT2D eigenvalue weighted by Gasteiger charge is 2.03. The lowest BCUT2D eigenvalue weighted by Gasteiger charge is -2.16. The van der Waals surface area contributed by atoms with E-state index in [2.05, 4.69) is 62.1 Å². The van der Waals surface area contributed by atoms with Crippen LogP contribution >= 0.6 is 12.2 Å². The SMILES string of the molecule is Cc1ccc(NNC(=S)Nc2cccc(C)c2C)c(C)c1. The van der Waals surface area contributed by atoms with Gasteiger partial charge in [-0.1, -0.05) is 29.8 Å². The van der Waals surface area contributed by atoms with E-state index < -0.39 is 0 Å². The summed E-state index contributed by atoms with van der Waals surface area (Å²) in [4.78, 5) is 0. The average molecular weight is 299 g/mol. The van der Waals surface area contributed by atoms with E-state index in [0.29, 0.717) is 5.11 Å². The molecule has 0 aromatic heterocycles. The van der Waals surface area contributed by atoms with E-state index in [0.717, 1.165) is 11.4 Å². The van der Waals surface area contributed by atoms with E-state index >= 15 is 0 Å². The van der Waals surface area contributed by atoms with Crippen LogP contribution in [0.3, 0.4) is 0 Å². The Hall–Kier alpha value is -2.07. The van der Waals surface area contributed by atoms with Crippen molar-refractivity contribution >= 4 is 28.7 Å². The third-order valence-corrected chi connectivity index (χ3v) is 3.75. The summed E-state index contributed by atoms with van der Waals surface area (Å²) in [5, 5.41) is 3.76. The van der Waals surface area contributed by atoms with Gasteiger partial charge >= 0.3 is 0 Å². The quantitative estimate of drug-likeness (QED) is 0.585. The summed E-state index contributed by atoms with van der Waals surface area (Å²) in [5.74, 6) is 0. The zero-order chi connectivity index (χ0) is 15.4. The number of anilines is 2. The van der Waals surface area contributed by atoms with Crippen molar-refractivity contribution in [3.8, 4) is 0 Å². The van der Waals surface area contributed by atoms with E-state index in [9.17, 15) is 0 Å². The predicted molar refractivity (Wildman–Crippen MR) is 94.8 cm³/mol. The number of hydrazine groups is 1. The van der Waals surface area contributed by atoms with Gasteiger partial charge in [-0.3, -0.25) is 10.9 Å². The zero-order valence-corrected chi connectivity index (χ0v) is 13.7. The van der Waals surface area contributed by atoms with Gasteiger partial charge in [-0.25, -0.2) is 0 Å². The number of rotatable bonds is 3. The van der Waals surface area contributed by atoms with Crippen LogP contribution in [0.4, 0.5) is 11.4 Å². The molecule has 0 fully saturated rings. The second kappa shape index (κ2) is 6.59. The smallest absolute Gasteiger partial charge is 0.189 e. The molecule has 0 saturated heterocycles. The van der Waals surface area contributed by atoms with E-state index in [4.69, 9.17) is 12.2 Å². The minimum atomic E-state index is 0.545. The van der Waals surface area contributed by atoms with E-state index in [1.807, 2.05) is 18.2 Å². The summed E-state index contributed by atoms with van der Waals surface area (Å²) in [6.07, 6.45) is 0. The Balaban J connectivity index is 1.97. The van der Waals surface area contributed by atoms with E-state index in [1.165, 1.54) is 22.3 Å². The third kappa shape index (κ3) is 3.95. The second-order valence-corrected chi connectivity index (χ2v) is 5.68. The van der Waals surface area contributed by atoms with Crippen LogP contribution in [0.5, 0.6) is 0 Å². The minimum absolute atomic E-state index is 0.545. The fraction of sp³-hybridized carbons (Fsp3) is 0.235. The highest BCUT2D eigenvalue weighted by Crippen LogP contribution is 2.18. The number of aryl methyl sites for hydroxylation is 3. The summed E-state index contributed by atoms with van der Waals surface area (Å²) in [6, 6.07) is 12.4. The van der Waals surface area contributed by atoms with Crippen molar-refractivity contribution < 1.29 is 0 Å². The molecule has 110 valence electrons. The maximum atomic E-state index is 5.32. The number of thiocarbonyl (C=S) groups is 1. The Morgan fingerprint density at radius 1 is 0.905 bits per heavy atom. The van der Waals surface area contributed by atoms with Crippen molar-refractivity contribution in [1.29, 1.82) is 0 Å². The number of nitrogens with one attached hydrogen (secondary N) is 3. The zero-order valence-electron chi connectivity index (χ0n) is 12.9. The Bertz CT molecular complexity index is 665. The molecule has 0 heterocycles. The van der Waals surface area contributed by atoms with Crippen LogP contribution in [0.25, 0.3) is 0 Å². The standard InChI is InChI=1S/C17H21N3S/c1-11-8-9-15(13(3)10-11)19-20-17(21)18-16-7-5-6-12(2)14(16)4/h5-10,19H,1-4H3,(H2,18,20,21). The molecule has 2 aromatic carbocycles. The average Bonchev–Trinajstić information content (AvgIpc) is 2.43. The Morgan fingerprint density at radius 3 is 2.38 bits per heavy atom. The van der Waals surface area contributed by atoms with Gasteiger partial charge in [0.25, 0.3) is 0 Å². The fourth-order valence-corrected chi connectivity index (χ4v) is 2.28. The molecule has 0 aliphatic heterocycles. The molecule has 0 atom stereocenters. The van der Waals surface area contributed by atoms with Crippen LogP contribution in [0, 0.1) is 27.7 Å². The van der Waals surface area contributed by atoms with Crippen LogP contribution in [-0.2, 0) is 0 Å². The van der Waals surface area contributed by atoms with Gasteiger partial charge < -0.3 is 5.32 Å².